The van der Waals surface area contributed by atoms with Crippen molar-refractivity contribution in [2.75, 3.05) is 21.3 Å². The highest BCUT2D eigenvalue weighted by Gasteiger charge is 2.48. The Morgan fingerprint density at radius 1 is 0.623 bits per heavy atom. The molecule has 1 spiro atoms. The van der Waals surface area contributed by atoms with Crippen LogP contribution in [0.1, 0.15) is 72.8 Å². The van der Waals surface area contributed by atoms with E-state index in [9.17, 15) is 0 Å². The van der Waals surface area contributed by atoms with Crippen molar-refractivity contribution >= 4 is 28.6 Å². The highest BCUT2D eigenvalue weighted by atomic mass is 32.2. The normalized spacial score (nSPS) is 16.5. The maximum Gasteiger partial charge on any atom is 0.178 e. The maximum atomic E-state index is 7.73. The molecule has 0 unspecified atom stereocenters. The number of benzene rings is 6. The quantitative estimate of drug-likeness (QED) is 0.164. The molecule has 0 N–H and O–H groups in total. The molecular weight excluding hydrogens is 673 g/mol. The molecule has 1 heterocycles. The molecule has 0 amide bonds. The largest absolute Gasteiger partial charge is 0.497 e. The molecule has 1 saturated carbocycles. The first kappa shape index (κ1) is 33.7. The molecule has 1 fully saturated rings. The molecule has 9 rings (SSSR count). The van der Waals surface area contributed by atoms with Gasteiger partial charge in [0.2, 0.25) is 0 Å². The molecule has 6 aromatic carbocycles. The van der Waals surface area contributed by atoms with Crippen LogP contribution in [0.2, 0.25) is 0 Å². The Morgan fingerprint density at radius 2 is 1.25 bits per heavy atom. The van der Waals surface area contributed by atoms with Gasteiger partial charge < -0.3 is 18.9 Å². The van der Waals surface area contributed by atoms with E-state index in [4.69, 9.17) is 18.9 Å². The minimum absolute atomic E-state index is 0.0940. The van der Waals surface area contributed by atoms with Crippen LogP contribution < -0.4 is 18.9 Å². The molecule has 0 aromatic heterocycles. The molecule has 0 atom stereocenters. The van der Waals surface area contributed by atoms with Crippen LogP contribution in [-0.2, 0) is 11.0 Å². The molecule has 0 bridgehead atoms. The third-order valence-corrected chi connectivity index (χ3v) is 12.8. The van der Waals surface area contributed by atoms with Crippen molar-refractivity contribution in [1.82, 2.24) is 0 Å². The van der Waals surface area contributed by atoms with E-state index < -0.39 is 5.60 Å². The zero-order chi connectivity index (χ0) is 36.0. The zero-order valence-corrected chi connectivity index (χ0v) is 31.4. The summed E-state index contributed by atoms with van der Waals surface area (Å²) < 4.78 is 25.1. The molecule has 5 heteroatoms. The maximum absolute atomic E-state index is 7.73. The van der Waals surface area contributed by atoms with Crippen LogP contribution in [0.25, 0.3) is 28.0 Å². The monoisotopic (exact) mass is 716 g/mol. The summed E-state index contributed by atoms with van der Waals surface area (Å²) in [4.78, 5) is 2.21. The van der Waals surface area contributed by atoms with Crippen molar-refractivity contribution in [2.24, 2.45) is 0 Å². The predicted molar refractivity (Wildman–Crippen MR) is 216 cm³/mol. The first-order chi connectivity index (χ1) is 26.1. The van der Waals surface area contributed by atoms with E-state index in [0.717, 1.165) is 62.1 Å². The summed E-state index contributed by atoms with van der Waals surface area (Å²) >= 11 is 1.72. The number of fused-ring (bicyclic) bond motifs is 10. The van der Waals surface area contributed by atoms with Crippen LogP contribution in [0.15, 0.2) is 131 Å². The molecule has 2 aliphatic carbocycles. The summed E-state index contributed by atoms with van der Waals surface area (Å²) in [5.41, 5.74) is 7.80. The number of hydrogen-bond acceptors (Lipinski definition) is 5. The Kier molecular flexibility index (Phi) is 8.70. The molecule has 6 aromatic rings. The Hall–Kier alpha value is -5.13. The number of ether oxygens (including phenoxy) is 4. The first-order valence-electron chi connectivity index (χ1n) is 18.8. The fourth-order valence-corrected chi connectivity index (χ4v) is 10.2. The highest BCUT2D eigenvalue weighted by Crippen LogP contribution is 2.62. The van der Waals surface area contributed by atoms with E-state index >= 15 is 0 Å². The van der Waals surface area contributed by atoms with Gasteiger partial charge in [0, 0.05) is 32.4 Å². The standard InChI is InChI=1S/C48H44O4S/c1-49-34-22-18-32(19-23-34)48(33-20-24-35(50-2)25-21-33)29-26-38-45-44(37-16-10-11-17-41(37)47(45)27-12-5-4-6-13-28-47)39-30-42(51-3)43(31-40(39)46(38)52-48)53-36-14-8-7-9-15-36/h7-11,14-26,29-31H,4-6,12-13,27-28H2,1-3H3. The molecule has 0 radical (unpaired) electrons. The van der Waals surface area contributed by atoms with E-state index in [1.165, 1.54) is 65.3 Å². The molecule has 53 heavy (non-hydrogen) atoms. The van der Waals surface area contributed by atoms with Crippen molar-refractivity contribution in [3.05, 3.63) is 149 Å². The second-order valence-electron chi connectivity index (χ2n) is 14.5. The van der Waals surface area contributed by atoms with Crippen LogP contribution in [0.4, 0.5) is 0 Å². The molecule has 266 valence electrons. The number of hydrogen-bond donors (Lipinski definition) is 0. The second-order valence-corrected chi connectivity index (χ2v) is 15.6. The lowest BCUT2D eigenvalue weighted by Crippen LogP contribution is -2.35. The molecule has 3 aliphatic rings. The van der Waals surface area contributed by atoms with E-state index in [-0.39, 0.29) is 5.41 Å². The Bertz CT molecular complexity index is 2270. The topological polar surface area (TPSA) is 36.9 Å². The van der Waals surface area contributed by atoms with Gasteiger partial charge in [-0.1, -0.05) is 117 Å². The zero-order valence-electron chi connectivity index (χ0n) is 30.6. The molecule has 4 nitrogen and oxygen atoms in total. The van der Waals surface area contributed by atoms with Gasteiger partial charge in [-0.15, -0.1) is 0 Å². The van der Waals surface area contributed by atoms with Gasteiger partial charge in [-0.05, 0) is 95.1 Å². The fraction of sp³-hybridized carbons (Fsp3) is 0.250. The van der Waals surface area contributed by atoms with Crippen molar-refractivity contribution in [2.45, 2.75) is 65.8 Å². The minimum Gasteiger partial charge on any atom is -0.497 e. The van der Waals surface area contributed by atoms with Crippen molar-refractivity contribution in [3.8, 4) is 34.1 Å². The third kappa shape index (κ3) is 5.51. The molecule has 1 aliphatic heterocycles. The van der Waals surface area contributed by atoms with E-state index in [2.05, 4.69) is 103 Å². The van der Waals surface area contributed by atoms with Gasteiger partial charge in [-0.2, -0.15) is 0 Å². The van der Waals surface area contributed by atoms with Crippen molar-refractivity contribution < 1.29 is 18.9 Å². The van der Waals surface area contributed by atoms with E-state index in [1.807, 2.05) is 24.3 Å². The second kappa shape index (κ2) is 13.7. The summed E-state index contributed by atoms with van der Waals surface area (Å²) in [6.45, 7) is 0. The minimum atomic E-state index is -0.904. The first-order valence-corrected chi connectivity index (χ1v) is 19.6. The van der Waals surface area contributed by atoms with Gasteiger partial charge in [0.05, 0.1) is 26.2 Å². The van der Waals surface area contributed by atoms with E-state index in [0.29, 0.717) is 0 Å². The van der Waals surface area contributed by atoms with E-state index in [1.54, 1.807) is 33.1 Å². The number of methoxy groups -OCH3 is 3. The van der Waals surface area contributed by atoms with Gasteiger partial charge in [0.15, 0.2) is 5.60 Å². The molecular formula is C48H44O4S. The van der Waals surface area contributed by atoms with Crippen LogP contribution in [0.5, 0.6) is 23.0 Å². The SMILES string of the molecule is COc1ccc(C2(c3ccc(OC)cc3)C=Cc3c4c(c5cc(OC)c(Sc6ccccc6)cc5c3O2)-c2ccccc2C42CCCCCCC2)cc1. The lowest BCUT2D eigenvalue weighted by atomic mass is 9.67. The Balaban J connectivity index is 1.36. The van der Waals surface area contributed by atoms with Gasteiger partial charge in [-0.25, -0.2) is 0 Å². The summed E-state index contributed by atoms with van der Waals surface area (Å²) in [7, 11) is 5.20. The summed E-state index contributed by atoms with van der Waals surface area (Å²) in [5.74, 6) is 3.40. The average molecular weight is 717 g/mol. The summed E-state index contributed by atoms with van der Waals surface area (Å²) in [6.07, 6.45) is 13.2. The Labute approximate surface area is 316 Å². The van der Waals surface area contributed by atoms with Gasteiger partial charge in [0.1, 0.15) is 23.0 Å². The van der Waals surface area contributed by atoms with Crippen LogP contribution in [0, 0.1) is 0 Å². The number of rotatable bonds is 7. The highest BCUT2D eigenvalue weighted by molar-refractivity contribution is 7.99. The lowest BCUT2D eigenvalue weighted by molar-refractivity contribution is 0.163. The predicted octanol–water partition coefficient (Wildman–Crippen LogP) is 12.4. The fourth-order valence-electron chi connectivity index (χ4n) is 9.21. The van der Waals surface area contributed by atoms with Gasteiger partial charge in [-0.3, -0.25) is 0 Å². The van der Waals surface area contributed by atoms with Crippen LogP contribution >= 0.6 is 11.8 Å². The van der Waals surface area contributed by atoms with Gasteiger partial charge >= 0.3 is 0 Å². The van der Waals surface area contributed by atoms with Crippen LogP contribution in [-0.4, -0.2) is 21.3 Å². The third-order valence-electron chi connectivity index (χ3n) is 11.7. The smallest absolute Gasteiger partial charge is 0.178 e. The molecule has 0 saturated heterocycles. The summed E-state index contributed by atoms with van der Waals surface area (Å²) in [6, 6.07) is 40.9. The van der Waals surface area contributed by atoms with Gasteiger partial charge in [0.25, 0.3) is 0 Å². The van der Waals surface area contributed by atoms with Crippen LogP contribution in [0.3, 0.4) is 0 Å². The van der Waals surface area contributed by atoms with Crippen molar-refractivity contribution in [3.63, 3.8) is 0 Å². The van der Waals surface area contributed by atoms with Crippen molar-refractivity contribution in [1.29, 1.82) is 0 Å². The average Bonchev–Trinajstić information content (AvgIpc) is 3.50. The summed E-state index contributed by atoms with van der Waals surface area (Å²) in [5, 5.41) is 2.26. The Morgan fingerprint density at radius 3 is 1.89 bits per heavy atom. The lowest BCUT2D eigenvalue weighted by Gasteiger charge is -2.40.